The standard InChI is InChI=1S/C61H118O18/c1-38(2)17-11-19-40(5)21-13-23-42(7)25-15-27-44(9)29-31-72-36-46(73-32-30-45(10)28-16-26-43(8)24-14-22-41(6)20-12-18-39(3)4)37-74-60-57(54(69)51(66)48(34-63)76-60)79-61-58(55(70)52(67)49(35-64)77-61)78-59-56(71)53(68)50(65)47(33-62)75-59/h38-71H,11-37H2,1-10H3/t40-,41-,42-,43-,44-,45-,46-,47-,48-,49-,50-,51-,52-,53+,54+,55+,56+,57+,58+,59-,60+,61-/m1/s1. The summed E-state index contributed by atoms with van der Waals surface area (Å²) in [5, 5.41) is 106. The lowest BCUT2D eigenvalue weighted by Crippen LogP contribution is -2.67. The SMILES string of the molecule is CC(C)CCC[C@@H](C)CCC[C@@H](C)CCC[C@@H](C)CCOC[C@H](CO[C@H]1O[C@H](CO)[C@@H](O)[C@H](O)[C@@H]1O[C@H]1O[C@H](CO)[C@@H](O)[C@H](O)[C@@H]1O[C@H]1O[C@H](CO)[C@@H](O)[C@H](O)[C@@H]1O)OCC[C@H](C)CCC[C@H](C)CCC[C@H](C)CCCC(C)C. The van der Waals surface area contributed by atoms with Crippen LogP contribution in [0.1, 0.15) is 198 Å². The molecule has 0 aromatic carbocycles. The van der Waals surface area contributed by atoms with Crippen molar-refractivity contribution in [3.63, 3.8) is 0 Å². The maximum atomic E-state index is 11.5. The van der Waals surface area contributed by atoms with Gasteiger partial charge in [0.15, 0.2) is 18.9 Å². The van der Waals surface area contributed by atoms with Gasteiger partial charge in [0.1, 0.15) is 79.4 Å². The van der Waals surface area contributed by atoms with Crippen molar-refractivity contribution < 1.29 is 89.0 Å². The number of hydrogen-bond donors (Lipinski definition) is 10. The van der Waals surface area contributed by atoms with Crippen LogP contribution < -0.4 is 0 Å². The van der Waals surface area contributed by atoms with Gasteiger partial charge >= 0.3 is 0 Å². The summed E-state index contributed by atoms with van der Waals surface area (Å²) in [5.41, 5.74) is 0. The second-order valence-electron chi connectivity index (χ2n) is 25.8. The molecule has 0 aromatic rings. The van der Waals surface area contributed by atoms with Crippen LogP contribution in [-0.4, -0.2) is 196 Å². The minimum absolute atomic E-state index is 0.130. The zero-order valence-corrected chi connectivity index (χ0v) is 50.7. The summed E-state index contributed by atoms with van der Waals surface area (Å²) in [7, 11) is 0. The minimum Gasteiger partial charge on any atom is -0.394 e. The van der Waals surface area contributed by atoms with E-state index in [0.717, 1.165) is 55.8 Å². The lowest BCUT2D eigenvalue weighted by molar-refractivity contribution is -0.394. The first-order valence-corrected chi connectivity index (χ1v) is 31.3. The van der Waals surface area contributed by atoms with Gasteiger partial charge in [-0.15, -0.1) is 0 Å². The quantitative estimate of drug-likeness (QED) is 0.0282. The fourth-order valence-electron chi connectivity index (χ4n) is 11.3. The predicted octanol–water partition coefficient (Wildman–Crippen LogP) is 6.78. The van der Waals surface area contributed by atoms with Crippen LogP contribution in [0.3, 0.4) is 0 Å². The fourth-order valence-corrected chi connectivity index (χ4v) is 11.3. The Kier molecular flexibility index (Phi) is 36.6. The molecule has 3 fully saturated rings. The topological polar surface area (TPSA) is 276 Å². The van der Waals surface area contributed by atoms with E-state index >= 15 is 0 Å². The monoisotopic (exact) mass is 1140 g/mol. The summed E-state index contributed by atoms with van der Waals surface area (Å²) in [6.07, 6.45) is -1.71. The van der Waals surface area contributed by atoms with Gasteiger partial charge in [0.05, 0.1) is 33.0 Å². The molecule has 0 spiro atoms. The van der Waals surface area contributed by atoms with Gasteiger partial charge in [-0.1, -0.05) is 185 Å². The molecule has 79 heavy (non-hydrogen) atoms. The summed E-state index contributed by atoms with van der Waals surface area (Å²) >= 11 is 0. The Morgan fingerprint density at radius 3 is 1.08 bits per heavy atom. The summed E-state index contributed by atoms with van der Waals surface area (Å²) in [4.78, 5) is 0. The van der Waals surface area contributed by atoms with Gasteiger partial charge in [-0.05, 0) is 60.2 Å². The average Bonchev–Trinajstić information content (AvgIpc) is 3.42. The molecule has 0 unspecified atom stereocenters. The molecule has 3 aliphatic rings. The van der Waals surface area contributed by atoms with E-state index in [4.69, 9.17) is 37.9 Å². The van der Waals surface area contributed by atoms with Crippen molar-refractivity contribution >= 4 is 0 Å². The lowest BCUT2D eigenvalue weighted by atomic mass is 9.91. The number of rotatable bonds is 43. The van der Waals surface area contributed by atoms with Gasteiger partial charge in [0.2, 0.25) is 0 Å². The zero-order valence-electron chi connectivity index (χ0n) is 50.7. The molecular formula is C61H118O18. The van der Waals surface area contributed by atoms with E-state index in [1.807, 2.05) is 0 Å². The first kappa shape index (κ1) is 72.5. The Hall–Kier alpha value is -0.720. The molecule has 10 N–H and O–H groups in total. The summed E-state index contributed by atoms with van der Waals surface area (Å²) in [6.45, 7) is 22.0. The van der Waals surface area contributed by atoms with Gasteiger partial charge in [0.25, 0.3) is 0 Å². The van der Waals surface area contributed by atoms with Gasteiger partial charge in [-0.25, -0.2) is 0 Å². The molecule has 18 heteroatoms. The lowest BCUT2D eigenvalue weighted by Gasteiger charge is -2.48. The summed E-state index contributed by atoms with van der Waals surface area (Å²) in [5.74, 6) is 5.39. The highest BCUT2D eigenvalue weighted by Gasteiger charge is 2.54. The highest BCUT2D eigenvalue weighted by Crippen LogP contribution is 2.34. The van der Waals surface area contributed by atoms with E-state index in [1.165, 1.54) is 96.3 Å². The molecule has 470 valence electrons. The summed E-state index contributed by atoms with van der Waals surface area (Å²) < 4.78 is 48.4. The Morgan fingerprint density at radius 2 is 0.671 bits per heavy atom. The first-order valence-electron chi connectivity index (χ1n) is 31.3. The number of aliphatic hydroxyl groups is 10. The minimum atomic E-state index is -1.91. The average molecular weight is 1140 g/mol. The first-order chi connectivity index (χ1) is 37.6. The normalized spacial score (nSPS) is 32.5. The third kappa shape index (κ3) is 27.0. The van der Waals surface area contributed by atoms with Crippen LogP contribution in [0.5, 0.6) is 0 Å². The smallest absolute Gasteiger partial charge is 0.187 e. The van der Waals surface area contributed by atoms with Crippen molar-refractivity contribution in [3.05, 3.63) is 0 Å². The Bertz CT molecular complexity index is 1500. The predicted molar refractivity (Wildman–Crippen MR) is 303 cm³/mol. The highest BCUT2D eigenvalue weighted by atomic mass is 16.8. The van der Waals surface area contributed by atoms with Crippen molar-refractivity contribution in [1.82, 2.24) is 0 Å². The van der Waals surface area contributed by atoms with Crippen LogP contribution >= 0.6 is 0 Å². The Labute approximate surface area is 476 Å². The molecule has 0 radical (unpaired) electrons. The molecule has 22 atom stereocenters. The number of ether oxygens (including phenoxy) is 8. The Morgan fingerprint density at radius 1 is 0.342 bits per heavy atom. The van der Waals surface area contributed by atoms with E-state index in [2.05, 4.69) is 69.2 Å². The van der Waals surface area contributed by atoms with E-state index in [9.17, 15) is 51.1 Å². The van der Waals surface area contributed by atoms with Crippen molar-refractivity contribution in [2.24, 2.45) is 47.3 Å². The second kappa shape index (κ2) is 39.8. The van der Waals surface area contributed by atoms with Crippen LogP contribution in [0.15, 0.2) is 0 Å². The molecule has 0 bridgehead atoms. The van der Waals surface area contributed by atoms with E-state index in [0.29, 0.717) is 36.9 Å². The molecule has 0 aromatic heterocycles. The Balaban J connectivity index is 1.65. The van der Waals surface area contributed by atoms with Crippen LogP contribution in [0.4, 0.5) is 0 Å². The van der Waals surface area contributed by atoms with Gasteiger partial charge in [-0.2, -0.15) is 0 Å². The van der Waals surface area contributed by atoms with Crippen molar-refractivity contribution in [3.8, 4) is 0 Å². The third-order valence-corrected chi connectivity index (χ3v) is 17.1. The number of hydrogen-bond acceptors (Lipinski definition) is 18. The summed E-state index contributed by atoms with van der Waals surface area (Å²) in [6, 6.07) is 0. The molecule has 3 rings (SSSR count). The molecule has 3 heterocycles. The molecule has 3 aliphatic heterocycles. The van der Waals surface area contributed by atoms with Crippen LogP contribution in [0.2, 0.25) is 0 Å². The molecule has 0 saturated carbocycles. The second-order valence-corrected chi connectivity index (χ2v) is 25.8. The number of aliphatic hydroxyl groups excluding tert-OH is 10. The zero-order chi connectivity index (χ0) is 58.6. The molecule has 0 aliphatic carbocycles. The van der Waals surface area contributed by atoms with Crippen molar-refractivity contribution in [2.45, 2.75) is 296 Å². The van der Waals surface area contributed by atoms with Crippen LogP contribution in [0, 0.1) is 47.3 Å². The van der Waals surface area contributed by atoms with Gasteiger partial charge in [0, 0.05) is 13.2 Å². The fraction of sp³-hybridized carbons (Fsp3) is 1.00. The van der Waals surface area contributed by atoms with E-state index in [-0.39, 0.29) is 13.2 Å². The maximum absolute atomic E-state index is 11.5. The molecule has 3 saturated heterocycles. The van der Waals surface area contributed by atoms with Crippen molar-refractivity contribution in [2.75, 3.05) is 46.2 Å². The van der Waals surface area contributed by atoms with Gasteiger partial charge < -0.3 is 89.0 Å². The van der Waals surface area contributed by atoms with Gasteiger partial charge in [-0.3, -0.25) is 0 Å². The molecule has 18 nitrogen and oxygen atoms in total. The largest absolute Gasteiger partial charge is 0.394 e. The molecular weight excluding hydrogens is 1020 g/mol. The molecule has 0 amide bonds. The highest BCUT2D eigenvalue weighted by molar-refractivity contribution is 4.96. The van der Waals surface area contributed by atoms with Crippen LogP contribution in [-0.2, 0) is 37.9 Å². The maximum Gasteiger partial charge on any atom is 0.187 e. The van der Waals surface area contributed by atoms with E-state index < -0.39 is 118 Å². The third-order valence-electron chi connectivity index (χ3n) is 17.1. The van der Waals surface area contributed by atoms with E-state index in [1.54, 1.807) is 0 Å². The van der Waals surface area contributed by atoms with Crippen LogP contribution in [0.25, 0.3) is 0 Å². The van der Waals surface area contributed by atoms with Crippen molar-refractivity contribution in [1.29, 1.82) is 0 Å².